The quantitative estimate of drug-likeness (QED) is 0.0320. The van der Waals surface area contributed by atoms with Gasteiger partial charge in [0, 0.05) is 12.8 Å². The van der Waals surface area contributed by atoms with E-state index in [-0.39, 0.29) is 18.5 Å². The minimum atomic E-state index is -0.662. The molecule has 0 aliphatic heterocycles. The summed E-state index contributed by atoms with van der Waals surface area (Å²) in [5, 5.41) is 23.3. The van der Waals surface area contributed by atoms with E-state index in [1.165, 1.54) is 302 Å². The van der Waals surface area contributed by atoms with Gasteiger partial charge >= 0.3 is 5.97 Å². The highest BCUT2D eigenvalue weighted by Crippen LogP contribution is 2.18. The smallest absolute Gasteiger partial charge is 0.305 e. The second kappa shape index (κ2) is 70.3. The molecule has 0 fully saturated rings. The summed E-state index contributed by atoms with van der Waals surface area (Å²) in [6, 6.07) is -0.539. The minimum absolute atomic E-state index is 0.0106. The molecule has 2 atom stereocenters. The molecular weight excluding hydrogens is 995 g/mol. The Kier molecular flexibility index (Phi) is 68.4. The second-order valence-corrected chi connectivity index (χ2v) is 24.9. The van der Waals surface area contributed by atoms with Gasteiger partial charge in [0.15, 0.2) is 0 Å². The summed E-state index contributed by atoms with van der Waals surface area (Å²) in [4.78, 5) is 24.6. The molecule has 0 aliphatic carbocycles. The average molecular weight is 1140 g/mol. The SMILES string of the molecule is CCCCC/C=C\C/C=C\CCCCCCCCCCCC(=O)OCCCCCCCCCCC/C=C\C/C=C\CCCCCCCCCCCCCCCCCCCC(=O)NC(CO)C(O)CCCCCCCCCCCCCC. The van der Waals surface area contributed by atoms with Gasteiger partial charge in [0.1, 0.15) is 0 Å². The van der Waals surface area contributed by atoms with Gasteiger partial charge in [-0.05, 0) is 89.9 Å². The predicted molar refractivity (Wildman–Crippen MR) is 356 cm³/mol. The van der Waals surface area contributed by atoms with E-state index in [1.54, 1.807) is 0 Å². The van der Waals surface area contributed by atoms with Crippen molar-refractivity contribution in [1.82, 2.24) is 5.32 Å². The third kappa shape index (κ3) is 66.8. The topological polar surface area (TPSA) is 95.9 Å². The lowest BCUT2D eigenvalue weighted by Crippen LogP contribution is -2.45. The Morgan fingerprint density at radius 3 is 0.963 bits per heavy atom. The second-order valence-electron chi connectivity index (χ2n) is 24.9. The summed E-state index contributed by atoms with van der Waals surface area (Å²) in [7, 11) is 0. The molecule has 0 aromatic carbocycles. The molecule has 2 unspecified atom stereocenters. The highest BCUT2D eigenvalue weighted by atomic mass is 16.5. The van der Waals surface area contributed by atoms with Crippen LogP contribution in [0.3, 0.4) is 0 Å². The summed E-state index contributed by atoms with van der Waals surface area (Å²) in [6.07, 6.45) is 91.8. The van der Waals surface area contributed by atoms with Crippen molar-refractivity contribution in [1.29, 1.82) is 0 Å². The normalized spacial score (nSPS) is 12.8. The molecule has 3 N–H and O–H groups in total. The van der Waals surface area contributed by atoms with Crippen LogP contribution in [0.2, 0.25) is 0 Å². The van der Waals surface area contributed by atoms with Crippen molar-refractivity contribution in [3.8, 4) is 0 Å². The maximum atomic E-state index is 12.5. The van der Waals surface area contributed by atoms with Gasteiger partial charge in [0.2, 0.25) is 5.91 Å². The number of esters is 1. The molecule has 0 bridgehead atoms. The van der Waals surface area contributed by atoms with Crippen LogP contribution in [-0.4, -0.2) is 47.4 Å². The van der Waals surface area contributed by atoms with Crippen molar-refractivity contribution in [2.45, 2.75) is 405 Å². The lowest BCUT2D eigenvalue weighted by Gasteiger charge is -2.22. The molecule has 0 heterocycles. The lowest BCUT2D eigenvalue weighted by atomic mass is 10.0. The highest BCUT2D eigenvalue weighted by Gasteiger charge is 2.20. The Morgan fingerprint density at radius 2 is 0.617 bits per heavy atom. The maximum Gasteiger partial charge on any atom is 0.305 e. The fraction of sp³-hybridized carbons (Fsp3) is 0.867. The van der Waals surface area contributed by atoms with Gasteiger partial charge in [0.05, 0.1) is 25.4 Å². The van der Waals surface area contributed by atoms with Crippen LogP contribution < -0.4 is 5.32 Å². The van der Waals surface area contributed by atoms with Gasteiger partial charge in [-0.15, -0.1) is 0 Å². The summed E-state index contributed by atoms with van der Waals surface area (Å²) in [5.41, 5.74) is 0. The number of allylic oxidation sites excluding steroid dienone is 8. The largest absolute Gasteiger partial charge is 0.466 e. The monoisotopic (exact) mass is 1140 g/mol. The van der Waals surface area contributed by atoms with Crippen LogP contribution in [-0.2, 0) is 14.3 Å². The Labute approximate surface area is 506 Å². The van der Waals surface area contributed by atoms with Crippen LogP contribution in [0.15, 0.2) is 48.6 Å². The van der Waals surface area contributed by atoms with Gasteiger partial charge in [0.25, 0.3) is 0 Å². The Balaban J connectivity index is 3.36. The first-order valence-corrected chi connectivity index (χ1v) is 36.4. The summed E-state index contributed by atoms with van der Waals surface area (Å²) in [6.45, 7) is 4.94. The van der Waals surface area contributed by atoms with Crippen LogP contribution >= 0.6 is 0 Å². The number of ether oxygens (including phenoxy) is 1. The van der Waals surface area contributed by atoms with Crippen LogP contribution in [0.1, 0.15) is 393 Å². The zero-order valence-electron chi connectivity index (χ0n) is 54.5. The minimum Gasteiger partial charge on any atom is -0.466 e. The third-order valence-electron chi connectivity index (χ3n) is 16.9. The van der Waals surface area contributed by atoms with Crippen molar-refractivity contribution >= 4 is 11.9 Å². The van der Waals surface area contributed by atoms with Crippen molar-refractivity contribution < 1.29 is 24.5 Å². The number of aliphatic hydroxyl groups excluding tert-OH is 2. The van der Waals surface area contributed by atoms with Gasteiger partial charge in [-0.2, -0.15) is 0 Å². The van der Waals surface area contributed by atoms with E-state index in [9.17, 15) is 19.8 Å². The number of amides is 1. The first kappa shape index (κ1) is 78.8. The van der Waals surface area contributed by atoms with E-state index in [4.69, 9.17) is 4.74 Å². The number of rotatable bonds is 68. The van der Waals surface area contributed by atoms with Gasteiger partial charge in [-0.25, -0.2) is 0 Å². The standard InChI is InChI=1S/C75H141NO5/c1-3-5-7-9-11-13-15-17-18-19-35-39-42-45-49-53-57-61-65-69-75(80)81-70-66-62-58-54-50-46-43-40-37-34-32-30-28-26-24-22-20-21-23-25-27-29-31-33-36-38-41-44-48-52-56-60-64-68-74(79)76-72(71-77)73(78)67-63-59-55-51-47-16-14-12-10-8-6-4-2/h11,13,17-18,24,26,30,32,72-73,77-78H,3-10,12,14-16,19-23,25,27-29,31,33-71H2,1-2H3,(H,76,79)/b13-11-,18-17-,26-24-,32-30-. The molecule has 0 rings (SSSR count). The van der Waals surface area contributed by atoms with Crippen molar-refractivity contribution in [3.63, 3.8) is 0 Å². The number of unbranched alkanes of at least 4 members (excludes halogenated alkanes) is 49. The van der Waals surface area contributed by atoms with E-state index < -0.39 is 12.1 Å². The number of aliphatic hydroxyl groups is 2. The van der Waals surface area contributed by atoms with Crippen LogP contribution in [0.4, 0.5) is 0 Å². The molecule has 476 valence electrons. The van der Waals surface area contributed by atoms with E-state index in [1.807, 2.05) is 0 Å². The molecule has 0 aliphatic rings. The lowest BCUT2D eigenvalue weighted by molar-refractivity contribution is -0.143. The first-order chi connectivity index (χ1) is 40.0. The Bertz CT molecular complexity index is 1360. The van der Waals surface area contributed by atoms with E-state index in [0.29, 0.717) is 25.9 Å². The number of nitrogens with one attached hydrogen (secondary N) is 1. The van der Waals surface area contributed by atoms with Crippen LogP contribution in [0, 0.1) is 0 Å². The highest BCUT2D eigenvalue weighted by molar-refractivity contribution is 5.76. The molecule has 0 saturated heterocycles. The number of carbonyl (C=O) groups excluding carboxylic acids is 2. The molecule has 6 nitrogen and oxygen atoms in total. The summed E-state index contributed by atoms with van der Waals surface area (Å²) < 4.78 is 5.50. The van der Waals surface area contributed by atoms with Gasteiger partial charge in [-0.1, -0.05) is 339 Å². The molecule has 81 heavy (non-hydrogen) atoms. The Morgan fingerprint density at radius 1 is 0.346 bits per heavy atom. The van der Waals surface area contributed by atoms with E-state index in [0.717, 1.165) is 57.8 Å². The molecule has 6 heteroatoms. The fourth-order valence-electron chi connectivity index (χ4n) is 11.3. The van der Waals surface area contributed by atoms with E-state index >= 15 is 0 Å². The summed E-state index contributed by atoms with van der Waals surface area (Å²) >= 11 is 0. The van der Waals surface area contributed by atoms with Crippen molar-refractivity contribution in [2.75, 3.05) is 13.2 Å². The van der Waals surface area contributed by atoms with Crippen molar-refractivity contribution in [3.05, 3.63) is 48.6 Å². The zero-order chi connectivity index (χ0) is 58.5. The molecule has 0 saturated carbocycles. The van der Waals surface area contributed by atoms with Crippen LogP contribution in [0.25, 0.3) is 0 Å². The van der Waals surface area contributed by atoms with Gasteiger partial charge < -0.3 is 20.3 Å². The zero-order valence-corrected chi connectivity index (χ0v) is 54.5. The average Bonchev–Trinajstić information content (AvgIpc) is 3.47. The predicted octanol–water partition coefficient (Wildman–Crippen LogP) is 23.6. The number of hydrogen-bond donors (Lipinski definition) is 3. The molecule has 0 radical (unpaired) electrons. The first-order valence-electron chi connectivity index (χ1n) is 36.4. The Hall–Kier alpha value is -2.18. The molecular formula is C75H141NO5. The molecule has 1 amide bonds. The number of hydrogen-bond acceptors (Lipinski definition) is 5. The van der Waals surface area contributed by atoms with Gasteiger partial charge in [-0.3, -0.25) is 9.59 Å². The van der Waals surface area contributed by atoms with Crippen LogP contribution in [0.5, 0.6) is 0 Å². The van der Waals surface area contributed by atoms with E-state index in [2.05, 4.69) is 67.8 Å². The third-order valence-corrected chi connectivity index (χ3v) is 16.9. The van der Waals surface area contributed by atoms with Crippen molar-refractivity contribution in [2.24, 2.45) is 0 Å². The molecule has 0 spiro atoms. The maximum absolute atomic E-state index is 12.5. The summed E-state index contributed by atoms with van der Waals surface area (Å²) in [5.74, 6) is -0.0216. The molecule has 0 aromatic heterocycles. The fourth-order valence-corrected chi connectivity index (χ4v) is 11.3. The number of carbonyl (C=O) groups is 2. The molecule has 0 aromatic rings.